The van der Waals surface area contributed by atoms with Crippen LogP contribution in [0, 0.1) is 5.92 Å². The summed E-state index contributed by atoms with van der Waals surface area (Å²) < 4.78 is 0. The highest BCUT2D eigenvalue weighted by atomic mass is 35.5. The summed E-state index contributed by atoms with van der Waals surface area (Å²) in [7, 11) is 0. The molecule has 1 amide bonds. The lowest BCUT2D eigenvalue weighted by Crippen LogP contribution is -2.42. The summed E-state index contributed by atoms with van der Waals surface area (Å²) in [4.78, 5) is 20.6. The van der Waals surface area contributed by atoms with Crippen LogP contribution in [-0.4, -0.2) is 59.5 Å². The summed E-state index contributed by atoms with van der Waals surface area (Å²) >= 11 is 5.79. The highest BCUT2D eigenvalue weighted by molar-refractivity contribution is 6.29. The lowest BCUT2D eigenvalue weighted by molar-refractivity contribution is -0.170. The minimum absolute atomic E-state index is 0.0653. The van der Waals surface area contributed by atoms with Gasteiger partial charge >= 0.3 is 0 Å². The first-order chi connectivity index (χ1) is 12.7. The third-order valence-corrected chi connectivity index (χ3v) is 5.91. The Hall–Kier alpha value is -1.44. The van der Waals surface area contributed by atoms with E-state index in [1.165, 1.54) is 19.3 Å². The molecular weight excluding hydrogens is 354 g/mol. The Kier molecular flexibility index (Phi) is 5.57. The normalized spacial score (nSPS) is 27.3. The SMILES string of the molecule is O=C(NC[C@H]1C[C@H]2CCCCN2O1)C1CCN(c2ccc(Cl)nn2)CC1. The van der Waals surface area contributed by atoms with Crippen molar-refractivity contribution in [1.82, 2.24) is 20.6 Å². The molecule has 1 aromatic rings. The van der Waals surface area contributed by atoms with Crippen molar-refractivity contribution < 1.29 is 9.63 Å². The number of carbonyl (C=O) groups excluding carboxylic acids is 1. The summed E-state index contributed by atoms with van der Waals surface area (Å²) in [5.41, 5.74) is 0. The van der Waals surface area contributed by atoms with Gasteiger partial charge < -0.3 is 10.2 Å². The number of nitrogens with one attached hydrogen (secondary N) is 1. The van der Waals surface area contributed by atoms with E-state index in [2.05, 4.69) is 25.5 Å². The molecule has 0 spiro atoms. The number of hydrogen-bond acceptors (Lipinski definition) is 6. The molecule has 0 saturated carbocycles. The topological polar surface area (TPSA) is 70.6 Å². The minimum atomic E-state index is 0.0653. The van der Waals surface area contributed by atoms with Crippen LogP contribution in [0.2, 0.25) is 5.15 Å². The smallest absolute Gasteiger partial charge is 0.223 e. The molecule has 2 atom stereocenters. The standard InChI is InChI=1S/C18H26ClN5O2/c19-16-4-5-17(22-21-16)23-9-6-13(7-10-23)18(25)20-12-15-11-14-3-1-2-8-24(14)26-15/h4-5,13-15H,1-3,6-12H2,(H,20,25)/t14-,15-/m1/s1. The second kappa shape index (κ2) is 8.06. The highest BCUT2D eigenvalue weighted by Gasteiger charge is 2.35. The summed E-state index contributed by atoms with van der Waals surface area (Å²) in [5.74, 6) is 1.04. The fourth-order valence-electron chi connectivity index (χ4n) is 4.21. The lowest BCUT2D eigenvalue weighted by atomic mass is 9.95. The van der Waals surface area contributed by atoms with Gasteiger partial charge in [-0.3, -0.25) is 9.63 Å². The van der Waals surface area contributed by atoms with Gasteiger partial charge in [0.25, 0.3) is 0 Å². The van der Waals surface area contributed by atoms with E-state index in [1.807, 2.05) is 6.07 Å². The summed E-state index contributed by atoms with van der Waals surface area (Å²) in [6.45, 7) is 3.27. The van der Waals surface area contributed by atoms with E-state index in [0.29, 0.717) is 17.7 Å². The largest absolute Gasteiger partial charge is 0.355 e. The van der Waals surface area contributed by atoms with Gasteiger partial charge in [0.05, 0.1) is 6.10 Å². The van der Waals surface area contributed by atoms with Crippen molar-refractivity contribution in [2.45, 2.75) is 50.7 Å². The van der Waals surface area contributed by atoms with Crippen LogP contribution in [0.15, 0.2) is 12.1 Å². The zero-order valence-corrected chi connectivity index (χ0v) is 15.7. The zero-order chi connectivity index (χ0) is 17.9. The molecule has 1 N–H and O–H groups in total. The van der Waals surface area contributed by atoms with Crippen molar-refractivity contribution in [2.24, 2.45) is 5.92 Å². The molecule has 142 valence electrons. The van der Waals surface area contributed by atoms with Crippen molar-refractivity contribution in [3.8, 4) is 0 Å². The Morgan fingerprint density at radius 1 is 1.19 bits per heavy atom. The number of hydrogen-bond donors (Lipinski definition) is 1. The zero-order valence-electron chi connectivity index (χ0n) is 14.9. The fourth-order valence-corrected chi connectivity index (χ4v) is 4.31. The molecule has 3 aliphatic heterocycles. The van der Waals surface area contributed by atoms with E-state index in [0.717, 1.165) is 44.7 Å². The average Bonchev–Trinajstić information content (AvgIpc) is 3.10. The molecular formula is C18H26ClN5O2. The second-order valence-corrected chi connectivity index (χ2v) is 7.86. The van der Waals surface area contributed by atoms with Crippen molar-refractivity contribution in [1.29, 1.82) is 0 Å². The molecule has 3 aliphatic rings. The van der Waals surface area contributed by atoms with Gasteiger partial charge in [0.15, 0.2) is 11.0 Å². The number of carbonyl (C=O) groups is 1. The maximum absolute atomic E-state index is 12.5. The Morgan fingerprint density at radius 3 is 2.77 bits per heavy atom. The molecule has 1 aromatic heterocycles. The van der Waals surface area contributed by atoms with Gasteiger partial charge in [0, 0.05) is 38.1 Å². The van der Waals surface area contributed by atoms with Gasteiger partial charge in [-0.1, -0.05) is 18.0 Å². The van der Waals surface area contributed by atoms with E-state index in [9.17, 15) is 4.79 Å². The molecule has 0 aromatic carbocycles. The fraction of sp³-hybridized carbons (Fsp3) is 0.722. The van der Waals surface area contributed by atoms with Gasteiger partial charge in [-0.25, -0.2) is 0 Å². The minimum Gasteiger partial charge on any atom is -0.355 e. The third kappa shape index (κ3) is 4.10. The number of fused-ring (bicyclic) bond motifs is 1. The maximum atomic E-state index is 12.5. The van der Waals surface area contributed by atoms with E-state index in [-0.39, 0.29) is 17.9 Å². The third-order valence-electron chi connectivity index (χ3n) is 5.70. The molecule has 3 fully saturated rings. The van der Waals surface area contributed by atoms with E-state index in [1.54, 1.807) is 6.07 Å². The van der Waals surface area contributed by atoms with E-state index < -0.39 is 0 Å². The van der Waals surface area contributed by atoms with Gasteiger partial charge in [0.2, 0.25) is 5.91 Å². The van der Waals surface area contributed by atoms with E-state index in [4.69, 9.17) is 16.4 Å². The number of hydroxylamine groups is 2. The van der Waals surface area contributed by atoms with Crippen molar-refractivity contribution in [2.75, 3.05) is 31.1 Å². The molecule has 7 nitrogen and oxygen atoms in total. The molecule has 4 heterocycles. The maximum Gasteiger partial charge on any atom is 0.223 e. The molecule has 4 rings (SSSR count). The molecule has 0 unspecified atom stereocenters. The Labute approximate surface area is 159 Å². The number of aromatic nitrogens is 2. The summed E-state index contributed by atoms with van der Waals surface area (Å²) in [6.07, 6.45) is 6.55. The van der Waals surface area contributed by atoms with Crippen molar-refractivity contribution >= 4 is 23.3 Å². The molecule has 0 radical (unpaired) electrons. The first-order valence-corrected chi connectivity index (χ1v) is 10.0. The lowest BCUT2D eigenvalue weighted by Gasteiger charge is -2.32. The monoisotopic (exact) mass is 379 g/mol. The quantitative estimate of drug-likeness (QED) is 0.863. The average molecular weight is 380 g/mol. The first kappa shape index (κ1) is 17.9. The predicted molar refractivity (Wildman–Crippen MR) is 98.8 cm³/mol. The van der Waals surface area contributed by atoms with Crippen LogP contribution in [0.25, 0.3) is 0 Å². The first-order valence-electron chi connectivity index (χ1n) is 9.64. The number of piperidine rings is 2. The Bertz CT molecular complexity index is 607. The Balaban J connectivity index is 1.21. The molecule has 0 aliphatic carbocycles. The highest BCUT2D eigenvalue weighted by Crippen LogP contribution is 2.29. The molecule has 26 heavy (non-hydrogen) atoms. The van der Waals surface area contributed by atoms with Crippen LogP contribution in [0.3, 0.4) is 0 Å². The second-order valence-electron chi connectivity index (χ2n) is 7.47. The van der Waals surface area contributed by atoms with Crippen LogP contribution in [0.1, 0.15) is 38.5 Å². The molecule has 3 saturated heterocycles. The molecule has 8 heteroatoms. The van der Waals surface area contributed by atoms with Crippen LogP contribution >= 0.6 is 11.6 Å². The number of anilines is 1. The van der Waals surface area contributed by atoms with Gasteiger partial charge in [-0.2, -0.15) is 5.06 Å². The number of nitrogens with zero attached hydrogens (tertiary/aromatic N) is 4. The van der Waals surface area contributed by atoms with Crippen LogP contribution in [0.4, 0.5) is 5.82 Å². The van der Waals surface area contributed by atoms with Gasteiger partial charge in [0.1, 0.15) is 0 Å². The summed E-state index contributed by atoms with van der Waals surface area (Å²) in [5, 5.41) is 13.6. The van der Waals surface area contributed by atoms with Gasteiger partial charge in [-0.15, -0.1) is 10.2 Å². The Morgan fingerprint density at radius 2 is 2.04 bits per heavy atom. The predicted octanol–water partition coefficient (Wildman–Crippen LogP) is 2.02. The number of rotatable bonds is 4. The van der Waals surface area contributed by atoms with E-state index >= 15 is 0 Å². The summed E-state index contributed by atoms with van der Waals surface area (Å²) in [6, 6.07) is 4.18. The van der Waals surface area contributed by atoms with Gasteiger partial charge in [-0.05, 0) is 44.2 Å². The number of halogens is 1. The van der Waals surface area contributed by atoms with Crippen LogP contribution in [0.5, 0.6) is 0 Å². The van der Waals surface area contributed by atoms with Crippen LogP contribution in [-0.2, 0) is 9.63 Å². The van der Waals surface area contributed by atoms with Crippen LogP contribution < -0.4 is 10.2 Å². The number of amides is 1. The van der Waals surface area contributed by atoms with Crippen molar-refractivity contribution in [3.05, 3.63) is 17.3 Å². The van der Waals surface area contributed by atoms with Crippen molar-refractivity contribution in [3.63, 3.8) is 0 Å². The molecule has 0 bridgehead atoms.